The Balaban J connectivity index is 2.26. The smallest absolute Gasteiger partial charge is 0.169 e. The summed E-state index contributed by atoms with van der Waals surface area (Å²) in [7, 11) is 0. The van der Waals surface area contributed by atoms with Crippen LogP contribution < -0.4 is 5.32 Å². The Morgan fingerprint density at radius 2 is 2.36 bits per heavy atom. The highest BCUT2D eigenvalue weighted by Gasteiger charge is 2.34. The lowest BCUT2D eigenvalue weighted by Crippen LogP contribution is -2.45. The molecule has 0 amide bonds. The highest BCUT2D eigenvalue weighted by molar-refractivity contribution is 9.10. The SMILES string of the molecule is CCC1(c2ccc(Br)o2)CCCCN1. The number of piperidine rings is 1. The number of halogens is 1. The fraction of sp³-hybridized carbons (Fsp3) is 0.636. The van der Waals surface area contributed by atoms with Crippen molar-refractivity contribution in [3.8, 4) is 0 Å². The Bertz CT molecular complexity index is 302. The largest absolute Gasteiger partial charge is 0.452 e. The Morgan fingerprint density at radius 3 is 2.86 bits per heavy atom. The molecule has 1 unspecified atom stereocenters. The first-order chi connectivity index (χ1) is 6.77. The Morgan fingerprint density at radius 1 is 1.50 bits per heavy atom. The minimum Gasteiger partial charge on any atom is -0.452 e. The molecule has 0 saturated carbocycles. The molecule has 3 heteroatoms. The second-order valence-electron chi connectivity index (χ2n) is 3.92. The number of hydrogen-bond donors (Lipinski definition) is 1. The summed E-state index contributed by atoms with van der Waals surface area (Å²) in [6, 6.07) is 4.05. The van der Waals surface area contributed by atoms with Gasteiger partial charge < -0.3 is 9.73 Å². The Labute approximate surface area is 93.2 Å². The summed E-state index contributed by atoms with van der Waals surface area (Å²) >= 11 is 3.36. The van der Waals surface area contributed by atoms with E-state index in [0.717, 1.165) is 23.4 Å². The summed E-state index contributed by atoms with van der Waals surface area (Å²) < 4.78 is 6.50. The van der Waals surface area contributed by atoms with Gasteiger partial charge in [0.15, 0.2) is 4.67 Å². The molecule has 1 aliphatic rings. The van der Waals surface area contributed by atoms with Crippen LogP contribution in [0.15, 0.2) is 21.2 Å². The molecule has 0 aromatic carbocycles. The van der Waals surface area contributed by atoms with Crippen molar-refractivity contribution in [3.63, 3.8) is 0 Å². The molecule has 2 rings (SSSR count). The average Bonchev–Trinajstić information content (AvgIpc) is 2.66. The summed E-state index contributed by atoms with van der Waals surface area (Å²) in [5, 5.41) is 3.60. The van der Waals surface area contributed by atoms with Crippen LogP contribution in [0.4, 0.5) is 0 Å². The number of nitrogens with one attached hydrogen (secondary N) is 1. The van der Waals surface area contributed by atoms with Crippen LogP contribution in [0.3, 0.4) is 0 Å². The predicted octanol–water partition coefficient (Wildman–Crippen LogP) is 3.42. The van der Waals surface area contributed by atoms with Crippen LogP contribution in [-0.4, -0.2) is 6.54 Å². The van der Waals surface area contributed by atoms with Crippen molar-refractivity contribution in [2.24, 2.45) is 0 Å². The molecule has 0 spiro atoms. The summed E-state index contributed by atoms with van der Waals surface area (Å²) in [6.07, 6.45) is 4.85. The molecule has 1 aromatic heterocycles. The maximum atomic E-state index is 5.67. The van der Waals surface area contributed by atoms with Gasteiger partial charge in [-0.2, -0.15) is 0 Å². The highest BCUT2D eigenvalue weighted by Crippen LogP contribution is 2.35. The predicted molar refractivity (Wildman–Crippen MR) is 60.2 cm³/mol. The van der Waals surface area contributed by atoms with E-state index < -0.39 is 0 Å². The Kier molecular flexibility index (Phi) is 2.98. The van der Waals surface area contributed by atoms with E-state index in [4.69, 9.17) is 4.42 Å². The van der Waals surface area contributed by atoms with E-state index >= 15 is 0 Å². The maximum Gasteiger partial charge on any atom is 0.169 e. The van der Waals surface area contributed by atoms with Crippen molar-refractivity contribution in [1.29, 1.82) is 0 Å². The van der Waals surface area contributed by atoms with Crippen molar-refractivity contribution in [2.75, 3.05) is 6.54 Å². The third-order valence-corrected chi connectivity index (χ3v) is 3.57. The molecular formula is C11H16BrNO. The molecule has 0 bridgehead atoms. The fourth-order valence-electron chi connectivity index (χ4n) is 2.23. The topological polar surface area (TPSA) is 25.2 Å². The minimum absolute atomic E-state index is 0.0876. The second kappa shape index (κ2) is 4.07. The van der Waals surface area contributed by atoms with Gasteiger partial charge in [0, 0.05) is 0 Å². The zero-order valence-electron chi connectivity index (χ0n) is 8.48. The molecule has 1 saturated heterocycles. The van der Waals surface area contributed by atoms with Gasteiger partial charge in [-0.3, -0.25) is 0 Å². The van der Waals surface area contributed by atoms with E-state index in [0.29, 0.717) is 0 Å². The van der Waals surface area contributed by atoms with Crippen LogP contribution in [0.5, 0.6) is 0 Å². The molecule has 1 aromatic rings. The van der Waals surface area contributed by atoms with Gasteiger partial charge in [-0.05, 0) is 60.3 Å². The highest BCUT2D eigenvalue weighted by atomic mass is 79.9. The number of rotatable bonds is 2. The van der Waals surface area contributed by atoms with Gasteiger partial charge in [0.2, 0.25) is 0 Å². The molecule has 0 radical (unpaired) electrons. The molecule has 1 atom stereocenters. The van der Waals surface area contributed by atoms with Crippen molar-refractivity contribution in [3.05, 3.63) is 22.6 Å². The molecule has 1 aliphatic heterocycles. The summed E-state index contributed by atoms with van der Waals surface area (Å²) in [4.78, 5) is 0. The van der Waals surface area contributed by atoms with Crippen LogP contribution in [0.2, 0.25) is 0 Å². The van der Waals surface area contributed by atoms with Gasteiger partial charge in [-0.25, -0.2) is 0 Å². The van der Waals surface area contributed by atoms with Gasteiger partial charge in [0.05, 0.1) is 5.54 Å². The van der Waals surface area contributed by atoms with E-state index in [1.165, 1.54) is 19.3 Å². The van der Waals surface area contributed by atoms with Crippen molar-refractivity contribution < 1.29 is 4.42 Å². The zero-order valence-corrected chi connectivity index (χ0v) is 10.1. The number of furan rings is 1. The molecule has 14 heavy (non-hydrogen) atoms. The van der Waals surface area contributed by atoms with E-state index in [9.17, 15) is 0 Å². The van der Waals surface area contributed by atoms with Crippen molar-refractivity contribution in [2.45, 2.75) is 38.1 Å². The van der Waals surface area contributed by atoms with Crippen LogP contribution >= 0.6 is 15.9 Å². The van der Waals surface area contributed by atoms with Gasteiger partial charge >= 0.3 is 0 Å². The summed E-state index contributed by atoms with van der Waals surface area (Å²) in [5.74, 6) is 1.08. The van der Waals surface area contributed by atoms with E-state index in [-0.39, 0.29) is 5.54 Å². The Hall–Kier alpha value is -0.280. The summed E-state index contributed by atoms with van der Waals surface area (Å²) in [5.41, 5.74) is 0.0876. The summed E-state index contributed by atoms with van der Waals surface area (Å²) in [6.45, 7) is 3.32. The second-order valence-corrected chi connectivity index (χ2v) is 4.70. The lowest BCUT2D eigenvalue weighted by atomic mass is 9.84. The molecule has 1 fully saturated rings. The van der Waals surface area contributed by atoms with Gasteiger partial charge in [0.25, 0.3) is 0 Å². The third kappa shape index (κ3) is 1.75. The van der Waals surface area contributed by atoms with Crippen LogP contribution in [0.25, 0.3) is 0 Å². The van der Waals surface area contributed by atoms with Crippen molar-refractivity contribution >= 4 is 15.9 Å². The first kappa shape index (κ1) is 10.2. The monoisotopic (exact) mass is 257 g/mol. The fourth-order valence-corrected chi connectivity index (χ4v) is 2.53. The number of hydrogen-bond acceptors (Lipinski definition) is 2. The van der Waals surface area contributed by atoms with Crippen LogP contribution in [0, 0.1) is 0 Å². The molecule has 2 heterocycles. The average molecular weight is 258 g/mol. The lowest BCUT2D eigenvalue weighted by Gasteiger charge is -2.35. The molecule has 1 N–H and O–H groups in total. The van der Waals surface area contributed by atoms with Crippen LogP contribution in [-0.2, 0) is 5.54 Å². The normalized spacial score (nSPS) is 27.9. The first-order valence-electron chi connectivity index (χ1n) is 5.28. The first-order valence-corrected chi connectivity index (χ1v) is 6.07. The third-order valence-electron chi connectivity index (χ3n) is 3.14. The van der Waals surface area contributed by atoms with Gasteiger partial charge in [-0.15, -0.1) is 0 Å². The molecule has 0 aliphatic carbocycles. The maximum absolute atomic E-state index is 5.67. The van der Waals surface area contributed by atoms with E-state index in [1.54, 1.807) is 0 Å². The van der Waals surface area contributed by atoms with Crippen molar-refractivity contribution in [1.82, 2.24) is 5.32 Å². The zero-order chi connectivity index (χ0) is 10.0. The van der Waals surface area contributed by atoms with Gasteiger partial charge in [0.1, 0.15) is 5.76 Å². The van der Waals surface area contributed by atoms with Crippen LogP contribution in [0.1, 0.15) is 38.4 Å². The molecule has 78 valence electrons. The molecular weight excluding hydrogens is 242 g/mol. The quantitative estimate of drug-likeness (QED) is 0.879. The van der Waals surface area contributed by atoms with Gasteiger partial charge in [-0.1, -0.05) is 6.92 Å². The lowest BCUT2D eigenvalue weighted by molar-refractivity contribution is 0.204. The minimum atomic E-state index is 0.0876. The molecule has 2 nitrogen and oxygen atoms in total. The standard InChI is InChI=1S/C11H16BrNO/c1-2-11(7-3-4-8-13-11)9-5-6-10(12)14-9/h5-6,13H,2-4,7-8H2,1H3. The van der Waals surface area contributed by atoms with E-state index in [2.05, 4.69) is 34.2 Å². The van der Waals surface area contributed by atoms with E-state index in [1.807, 2.05) is 6.07 Å².